The summed E-state index contributed by atoms with van der Waals surface area (Å²) in [5, 5.41) is 8.70. The smallest absolute Gasteiger partial charge is 0.332 e. The van der Waals surface area contributed by atoms with E-state index in [2.05, 4.69) is 0 Å². The number of hydrogen-bond acceptors (Lipinski definition) is 3. The third-order valence-corrected chi connectivity index (χ3v) is 2.60. The van der Waals surface area contributed by atoms with Crippen LogP contribution in [0.15, 0.2) is 0 Å². The second-order valence-corrected chi connectivity index (χ2v) is 3.84. The van der Waals surface area contributed by atoms with Crippen molar-refractivity contribution >= 4 is 5.97 Å². The lowest BCUT2D eigenvalue weighted by Gasteiger charge is -2.29. The molecule has 0 spiro atoms. The van der Waals surface area contributed by atoms with Crippen molar-refractivity contribution in [3.8, 4) is 0 Å². The Hall–Kier alpha value is -0.610. The van der Waals surface area contributed by atoms with E-state index in [0.717, 1.165) is 6.42 Å². The van der Waals surface area contributed by atoms with Crippen molar-refractivity contribution in [3.63, 3.8) is 0 Å². The highest BCUT2D eigenvalue weighted by atomic mass is 16.6. The monoisotopic (exact) mass is 188 g/mol. The normalized spacial score (nSPS) is 29.2. The van der Waals surface area contributed by atoms with Crippen molar-refractivity contribution in [2.24, 2.45) is 0 Å². The number of ether oxygens (including phenoxy) is 2. The number of carbonyl (C=O) groups is 1. The van der Waals surface area contributed by atoms with Gasteiger partial charge in [-0.1, -0.05) is 0 Å². The quantitative estimate of drug-likeness (QED) is 0.719. The molecule has 0 aromatic heterocycles. The van der Waals surface area contributed by atoms with Crippen molar-refractivity contribution in [2.45, 2.75) is 44.5 Å². The van der Waals surface area contributed by atoms with Crippen LogP contribution in [0, 0.1) is 0 Å². The maximum atomic E-state index is 10.6. The zero-order chi connectivity index (χ0) is 10.1. The van der Waals surface area contributed by atoms with Crippen LogP contribution in [-0.4, -0.2) is 36.0 Å². The molecule has 1 aliphatic rings. The summed E-state index contributed by atoms with van der Waals surface area (Å²) in [7, 11) is 1.61. The molecule has 2 unspecified atom stereocenters. The number of carboxylic acid groups (broad SMARTS) is 1. The number of rotatable bonds is 3. The summed E-state index contributed by atoms with van der Waals surface area (Å²) in [4.78, 5) is 10.6. The first-order chi connectivity index (χ1) is 5.97. The molecule has 0 aliphatic carbocycles. The van der Waals surface area contributed by atoms with Gasteiger partial charge in [0.1, 0.15) is 0 Å². The van der Waals surface area contributed by atoms with Gasteiger partial charge >= 0.3 is 5.97 Å². The molecule has 1 heterocycles. The molecular weight excluding hydrogens is 172 g/mol. The van der Waals surface area contributed by atoms with E-state index in [1.165, 1.54) is 0 Å². The molecule has 0 bridgehead atoms. The topological polar surface area (TPSA) is 55.8 Å². The minimum atomic E-state index is -0.880. The minimum absolute atomic E-state index is 0.112. The molecule has 0 aromatic carbocycles. The van der Waals surface area contributed by atoms with Crippen molar-refractivity contribution in [3.05, 3.63) is 0 Å². The third-order valence-electron chi connectivity index (χ3n) is 2.60. The van der Waals surface area contributed by atoms with Gasteiger partial charge in [0, 0.05) is 7.11 Å². The Kier molecular flexibility index (Phi) is 2.93. The van der Waals surface area contributed by atoms with Gasteiger partial charge in [0.2, 0.25) is 0 Å². The molecule has 0 saturated carbocycles. The summed E-state index contributed by atoms with van der Waals surface area (Å²) in [5.74, 6) is -0.880. The highest BCUT2D eigenvalue weighted by Crippen LogP contribution is 2.29. The van der Waals surface area contributed by atoms with Crippen LogP contribution in [0.3, 0.4) is 0 Å². The van der Waals surface area contributed by atoms with E-state index in [4.69, 9.17) is 14.6 Å². The van der Waals surface area contributed by atoms with Gasteiger partial charge in [0.25, 0.3) is 0 Å². The average Bonchev–Trinajstić information content (AvgIpc) is 2.52. The summed E-state index contributed by atoms with van der Waals surface area (Å²) in [6.45, 7) is 3.81. The van der Waals surface area contributed by atoms with E-state index < -0.39 is 17.7 Å². The number of aliphatic carboxylic acids is 1. The standard InChI is InChI=1S/C9H16O4/c1-9(2,12-3)7-5-4-6(13-7)8(10)11/h6-7H,4-5H2,1-3H3,(H,10,11). The summed E-state index contributed by atoms with van der Waals surface area (Å²) in [6.07, 6.45) is 0.558. The van der Waals surface area contributed by atoms with Crippen LogP contribution >= 0.6 is 0 Å². The van der Waals surface area contributed by atoms with Gasteiger partial charge in [-0.05, 0) is 26.7 Å². The largest absolute Gasteiger partial charge is 0.479 e. The number of hydrogen-bond donors (Lipinski definition) is 1. The highest BCUT2D eigenvalue weighted by molar-refractivity contribution is 5.72. The van der Waals surface area contributed by atoms with Crippen LogP contribution in [0.1, 0.15) is 26.7 Å². The predicted octanol–water partition coefficient (Wildman–Crippen LogP) is 1.04. The summed E-state index contributed by atoms with van der Waals surface area (Å²) < 4.78 is 10.6. The summed E-state index contributed by atoms with van der Waals surface area (Å²) in [6, 6.07) is 0. The Balaban J connectivity index is 2.54. The van der Waals surface area contributed by atoms with E-state index in [1.54, 1.807) is 7.11 Å². The Labute approximate surface area is 77.8 Å². The van der Waals surface area contributed by atoms with Crippen molar-refractivity contribution < 1.29 is 19.4 Å². The third kappa shape index (κ3) is 2.19. The molecule has 2 atom stereocenters. The molecule has 0 aromatic rings. The van der Waals surface area contributed by atoms with Crippen molar-refractivity contribution in [1.82, 2.24) is 0 Å². The first kappa shape index (κ1) is 10.5. The Morgan fingerprint density at radius 2 is 2.15 bits per heavy atom. The maximum Gasteiger partial charge on any atom is 0.332 e. The molecule has 1 aliphatic heterocycles. The van der Waals surface area contributed by atoms with Gasteiger partial charge in [-0.3, -0.25) is 0 Å². The van der Waals surface area contributed by atoms with E-state index in [-0.39, 0.29) is 6.10 Å². The molecule has 13 heavy (non-hydrogen) atoms. The molecule has 1 fully saturated rings. The second kappa shape index (κ2) is 3.64. The maximum absolute atomic E-state index is 10.6. The first-order valence-electron chi connectivity index (χ1n) is 4.41. The van der Waals surface area contributed by atoms with Crippen LogP contribution < -0.4 is 0 Å². The van der Waals surface area contributed by atoms with Crippen molar-refractivity contribution in [2.75, 3.05) is 7.11 Å². The van der Waals surface area contributed by atoms with Crippen molar-refractivity contribution in [1.29, 1.82) is 0 Å². The molecule has 0 radical (unpaired) electrons. The van der Waals surface area contributed by atoms with E-state index in [1.807, 2.05) is 13.8 Å². The molecule has 1 rings (SSSR count). The molecule has 1 N–H and O–H groups in total. The fraction of sp³-hybridized carbons (Fsp3) is 0.889. The van der Waals surface area contributed by atoms with Gasteiger partial charge in [-0.25, -0.2) is 4.79 Å². The zero-order valence-electron chi connectivity index (χ0n) is 8.24. The molecule has 76 valence electrons. The minimum Gasteiger partial charge on any atom is -0.479 e. The summed E-state index contributed by atoms with van der Waals surface area (Å²) >= 11 is 0. The molecule has 0 amide bonds. The van der Waals surface area contributed by atoms with Crippen LogP contribution in [0.4, 0.5) is 0 Å². The molecule has 1 saturated heterocycles. The summed E-state index contributed by atoms with van der Waals surface area (Å²) in [5.41, 5.74) is -0.399. The first-order valence-corrected chi connectivity index (χ1v) is 4.41. The Morgan fingerprint density at radius 3 is 2.54 bits per heavy atom. The van der Waals surface area contributed by atoms with E-state index in [9.17, 15) is 4.79 Å². The lowest BCUT2D eigenvalue weighted by molar-refractivity contribution is -0.157. The number of carboxylic acids is 1. The molecular formula is C9H16O4. The van der Waals surface area contributed by atoms with Crippen LogP contribution in [0.5, 0.6) is 0 Å². The fourth-order valence-electron chi connectivity index (χ4n) is 1.46. The van der Waals surface area contributed by atoms with Crippen LogP contribution in [0.25, 0.3) is 0 Å². The highest BCUT2D eigenvalue weighted by Gasteiger charge is 2.39. The number of methoxy groups -OCH3 is 1. The SMILES string of the molecule is COC(C)(C)C1CCC(C(=O)O)O1. The van der Waals surface area contributed by atoms with Gasteiger partial charge in [0.05, 0.1) is 11.7 Å². The van der Waals surface area contributed by atoms with Gasteiger partial charge in [-0.2, -0.15) is 0 Å². The van der Waals surface area contributed by atoms with Gasteiger partial charge in [0.15, 0.2) is 6.10 Å². The van der Waals surface area contributed by atoms with Gasteiger partial charge < -0.3 is 14.6 Å². The van der Waals surface area contributed by atoms with E-state index in [0.29, 0.717) is 6.42 Å². The lowest BCUT2D eigenvalue weighted by atomic mass is 9.99. The van der Waals surface area contributed by atoms with E-state index >= 15 is 0 Å². The second-order valence-electron chi connectivity index (χ2n) is 3.84. The molecule has 4 nitrogen and oxygen atoms in total. The van der Waals surface area contributed by atoms with Gasteiger partial charge in [-0.15, -0.1) is 0 Å². The zero-order valence-corrected chi connectivity index (χ0v) is 8.24. The van der Waals surface area contributed by atoms with Crippen LogP contribution in [0.2, 0.25) is 0 Å². The van der Waals surface area contributed by atoms with Crippen LogP contribution in [-0.2, 0) is 14.3 Å². The molecule has 4 heteroatoms. The lowest BCUT2D eigenvalue weighted by Crippen LogP contribution is -2.38. The predicted molar refractivity (Wildman–Crippen MR) is 46.6 cm³/mol. The Bertz CT molecular complexity index is 200. The average molecular weight is 188 g/mol. The fourth-order valence-corrected chi connectivity index (χ4v) is 1.46. The Morgan fingerprint density at radius 1 is 1.54 bits per heavy atom.